The van der Waals surface area contributed by atoms with E-state index >= 15 is 0 Å². The van der Waals surface area contributed by atoms with E-state index in [1.807, 2.05) is 0 Å². The maximum atomic E-state index is 13.3. The highest BCUT2D eigenvalue weighted by molar-refractivity contribution is 7.12. The van der Waals surface area contributed by atoms with Gasteiger partial charge in [-0.15, -0.1) is 11.3 Å². The van der Waals surface area contributed by atoms with Gasteiger partial charge in [-0.2, -0.15) is 0 Å². The number of nitrogens with one attached hydrogen (secondary N) is 2. The largest absolute Gasteiger partial charge is 0.350 e. The zero-order valence-electron chi connectivity index (χ0n) is 11.5. The van der Waals surface area contributed by atoms with Crippen molar-refractivity contribution in [2.45, 2.75) is 13.5 Å². The third kappa shape index (κ3) is 4.39. The van der Waals surface area contributed by atoms with E-state index in [4.69, 9.17) is 0 Å². The zero-order valence-corrected chi connectivity index (χ0v) is 12.3. The van der Waals surface area contributed by atoms with E-state index in [-0.39, 0.29) is 30.7 Å². The Kier molecular flexibility index (Phi) is 5.05. The molecule has 0 aliphatic rings. The minimum atomic E-state index is -0.319. The van der Waals surface area contributed by atoms with Crippen LogP contribution in [0.3, 0.4) is 0 Å². The Morgan fingerprint density at radius 3 is 2.71 bits per heavy atom. The first-order valence-corrected chi connectivity index (χ1v) is 7.27. The summed E-state index contributed by atoms with van der Waals surface area (Å²) >= 11 is 1.31. The van der Waals surface area contributed by atoms with Crippen LogP contribution in [0.15, 0.2) is 35.7 Å². The molecule has 2 aromatic rings. The molecule has 0 unspecified atom stereocenters. The Morgan fingerprint density at radius 1 is 1.24 bits per heavy atom. The molecule has 1 aromatic heterocycles. The molecule has 0 atom stereocenters. The van der Waals surface area contributed by atoms with Crippen LogP contribution in [0.2, 0.25) is 0 Å². The van der Waals surface area contributed by atoms with Gasteiger partial charge in [0.25, 0.3) is 5.91 Å². The first-order valence-electron chi connectivity index (χ1n) is 6.39. The van der Waals surface area contributed by atoms with Crippen LogP contribution in [0.1, 0.15) is 20.8 Å². The van der Waals surface area contributed by atoms with Crippen LogP contribution in [-0.2, 0) is 11.3 Å². The molecule has 4 nitrogen and oxygen atoms in total. The van der Waals surface area contributed by atoms with E-state index in [1.54, 1.807) is 36.6 Å². The van der Waals surface area contributed by atoms with Gasteiger partial charge in [0, 0.05) is 6.54 Å². The lowest BCUT2D eigenvalue weighted by Gasteiger charge is -2.07. The standard InChI is InChI=1S/C15H15FN2O2S/c1-10-4-5-11(7-12(10)16)8-17-14(19)9-18-15(20)13-3-2-6-21-13/h2-7H,8-9H2,1H3,(H,17,19)(H,18,20). The molecule has 2 rings (SSSR count). The molecule has 0 aliphatic heterocycles. The van der Waals surface area contributed by atoms with Gasteiger partial charge < -0.3 is 10.6 Å². The van der Waals surface area contributed by atoms with Crippen molar-refractivity contribution >= 4 is 23.2 Å². The summed E-state index contributed by atoms with van der Waals surface area (Å²) in [7, 11) is 0. The topological polar surface area (TPSA) is 58.2 Å². The third-order valence-electron chi connectivity index (χ3n) is 2.88. The first-order chi connectivity index (χ1) is 10.1. The summed E-state index contributed by atoms with van der Waals surface area (Å²) in [5, 5.41) is 6.95. The molecular weight excluding hydrogens is 291 g/mol. The quantitative estimate of drug-likeness (QED) is 0.890. The van der Waals surface area contributed by atoms with Crippen LogP contribution < -0.4 is 10.6 Å². The fourth-order valence-electron chi connectivity index (χ4n) is 1.66. The van der Waals surface area contributed by atoms with Crippen LogP contribution in [0.4, 0.5) is 4.39 Å². The van der Waals surface area contributed by atoms with Crippen molar-refractivity contribution in [1.82, 2.24) is 10.6 Å². The van der Waals surface area contributed by atoms with Crippen molar-refractivity contribution in [3.63, 3.8) is 0 Å². The van der Waals surface area contributed by atoms with Gasteiger partial charge in [-0.1, -0.05) is 18.2 Å². The van der Waals surface area contributed by atoms with Crippen LogP contribution in [0, 0.1) is 12.7 Å². The normalized spacial score (nSPS) is 10.2. The predicted molar refractivity (Wildman–Crippen MR) is 79.6 cm³/mol. The summed E-state index contributed by atoms with van der Waals surface area (Å²) in [6, 6.07) is 8.26. The molecule has 110 valence electrons. The number of carbonyl (C=O) groups excluding carboxylic acids is 2. The average molecular weight is 306 g/mol. The van der Waals surface area contributed by atoms with Crippen LogP contribution >= 0.6 is 11.3 Å². The number of benzene rings is 1. The Labute approximate surface area is 126 Å². The van der Waals surface area contributed by atoms with Crippen molar-refractivity contribution in [1.29, 1.82) is 0 Å². The molecule has 1 aromatic carbocycles. The number of hydrogen-bond acceptors (Lipinski definition) is 3. The van der Waals surface area contributed by atoms with E-state index in [9.17, 15) is 14.0 Å². The number of aryl methyl sites for hydroxylation is 1. The Bertz CT molecular complexity index is 641. The number of carbonyl (C=O) groups is 2. The van der Waals surface area contributed by atoms with Crippen molar-refractivity contribution in [2.75, 3.05) is 6.54 Å². The average Bonchev–Trinajstić information content (AvgIpc) is 3.00. The molecule has 0 aliphatic carbocycles. The van der Waals surface area contributed by atoms with Crippen molar-refractivity contribution in [3.05, 3.63) is 57.5 Å². The lowest BCUT2D eigenvalue weighted by atomic mass is 10.1. The van der Waals surface area contributed by atoms with Gasteiger partial charge in [0.2, 0.25) is 5.91 Å². The molecule has 0 bridgehead atoms. The van der Waals surface area contributed by atoms with Crippen LogP contribution in [0.25, 0.3) is 0 Å². The van der Waals surface area contributed by atoms with Gasteiger partial charge >= 0.3 is 0 Å². The summed E-state index contributed by atoms with van der Waals surface area (Å²) < 4.78 is 13.3. The van der Waals surface area contributed by atoms with Crippen molar-refractivity contribution < 1.29 is 14.0 Å². The second-order valence-electron chi connectivity index (χ2n) is 4.52. The maximum absolute atomic E-state index is 13.3. The number of amides is 2. The Balaban J connectivity index is 1.77. The van der Waals surface area contributed by atoms with Gasteiger partial charge in [0.05, 0.1) is 11.4 Å². The SMILES string of the molecule is Cc1ccc(CNC(=O)CNC(=O)c2cccs2)cc1F. The lowest BCUT2D eigenvalue weighted by molar-refractivity contribution is -0.120. The monoisotopic (exact) mass is 306 g/mol. The molecule has 0 fully saturated rings. The summed E-state index contributed by atoms with van der Waals surface area (Å²) in [5.41, 5.74) is 1.24. The van der Waals surface area contributed by atoms with E-state index in [1.165, 1.54) is 17.4 Å². The summed E-state index contributed by atoms with van der Waals surface area (Å²) in [6.07, 6.45) is 0. The first kappa shape index (κ1) is 15.2. The van der Waals surface area contributed by atoms with Gasteiger partial charge in [0.1, 0.15) is 5.82 Å². The number of hydrogen-bond donors (Lipinski definition) is 2. The van der Waals surface area contributed by atoms with E-state index in [0.29, 0.717) is 16.0 Å². The minimum absolute atomic E-state index is 0.106. The Morgan fingerprint density at radius 2 is 2.05 bits per heavy atom. The molecule has 0 spiro atoms. The van der Waals surface area contributed by atoms with Gasteiger partial charge in [-0.05, 0) is 35.6 Å². The predicted octanol–water partition coefficient (Wildman–Crippen LogP) is 2.24. The van der Waals surface area contributed by atoms with E-state index < -0.39 is 0 Å². The van der Waals surface area contributed by atoms with Crippen LogP contribution in [-0.4, -0.2) is 18.4 Å². The summed E-state index contributed by atoms with van der Waals surface area (Å²) in [4.78, 5) is 23.8. The third-order valence-corrected chi connectivity index (χ3v) is 3.75. The highest BCUT2D eigenvalue weighted by atomic mass is 32.1. The number of rotatable bonds is 5. The van der Waals surface area contributed by atoms with E-state index in [2.05, 4.69) is 10.6 Å². The van der Waals surface area contributed by atoms with E-state index in [0.717, 1.165) is 0 Å². The zero-order chi connectivity index (χ0) is 15.2. The molecule has 2 N–H and O–H groups in total. The summed E-state index contributed by atoms with van der Waals surface area (Å²) in [6.45, 7) is 1.80. The fourth-order valence-corrected chi connectivity index (χ4v) is 2.30. The van der Waals surface area contributed by atoms with Crippen LogP contribution in [0.5, 0.6) is 0 Å². The molecule has 21 heavy (non-hydrogen) atoms. The second-order valence-corrected chi connectivity index (χ2v) is 5.47. The Hall–Kier alpha value is -2.21. The van der Waals surface area contributed by atoms with Crippen molar-refractivity contribution in [2.24, 2.45) is 0 Å². The van der Waals surface area contributed by atoms with Gasteiger partial charge in [-0.3, -0.25) is 9.59 Å². The van der Waals surface area contributed by atoms with Crippen molar-refractivity contribution in [3.8, 4) is 0 Å². The molecule has 0 saturated heterocycles. The minimum Gasteiger partial charge on any atom is -0.350 e. The molecule has 2 amide bonds. The highest BCUT2D eigenvalue weighted by Crippen LogP contribution is 2.09. The molecule has 1 heterocycles. The molecule has 6 heteroatoms. The number of halogens is 1. The number of thiophene rings is 1. The maximum Gasteiger partial charge on any atom is 0.261 e. The lowest BCUT2D eigenvalue weighted by Crippen LogP contribution is -2.36. The highest BCUT2D eigenvalue weighted by Gasteiger charge is 2.08. The smallest absolute Gasteiger partial charge is 0.261 e. The molecular formula is C15H15FN2O2S. The fraction of sp³-hybridized carbons (Fsp3) is 0.200. The van der Waals surface area contributed by atoms with Gasteiger partial charge in [0.15, 0.2) is 0 Å². The molecule has 0 radical (unpaired) electrons. The second kappa shape index (κ2) is 6.99. The summed E-state index contributed by atoms with van der Waals surface area (Å²) in [5.74, 6) is -0.893. The molecule has 0 saturated carbocycles. The van der Waals surface area contributed by atoms with Gasteiger partial charge in [-0.25, -0.2) is 4.39 Å².